The van der Waals surface area contributed by atoms with Crippen LogP contribution in [-0.2, 0) is 6.54 Å². The maximum absolute atomic E-state index is 13.3. The topological polar surface area (TPSA) is 61.0 Å². The van der Waals surface area contributed by atoms with Crippen LogP contribution in [0.5, 0.6) is 0 Å². The van der Waals surface area contributed by atoms with Gasteiger partial charge in [0.2, 0.25) is 0 Å². The molecule has 0 amide bonds. The van der Waals surface area contributed by atoms with Gasteiger partial charge in [-0.3, -0.25) is 0 Å². The Morgan fingerprint density at radius 2 is 2.28 bits per heavy atom. The zero-order chi connectivity index (χ0) is 13.3. The van der Waals surface area contributed by atoms with E-state index in [4.69, 9.17) is 11.6 Å². The molecule has 0 atom stereocenters. The number of hydrogen-bond acceptors (Lipinski definition) is 3. The van der Waals surface area contributed by atoms with Crippen LogP contribution in [0, 0.1) is 15.9 Å². The van der Waals surface area contributed by atoms with E-state index in [9.17, 15) is 14.5 Å². The molecule has 18 heavy (non-hydrogen) atoms. The summed E-state index contributed by atoms with van der Waals surface area (Å²) >= 11 is 8.78. The van der Waals surface area contributed by atoms with Crippen molar-refractivity contribution < 1.29 is 9.31 Å². The first-order valence-electron chi connectivity index (χ1n) is 4.79. The summed E-state index contributed by atoms with van der Waals surface area (Å²) < 4.78 is 14.9. The van der Waals surface area contributed by atoms with Gasteiger partial charge in [-0.2, -0.15) is 4.68 Å². The van der Waals surface area contributed by atoms with Gasteiger partial charge in [-0.25, -0.2) is 4.39 Å². The standard InChI is InChI=1S/C10H6BrClFN3O2/c11-9-6(2-1-3-8(9)13)4-15-5-7(12)10(14-15)16(17)18/h1-3,5H,4H2. The van der Waals surface area contributed by atoms with Gasteiger partial charge >= 0.3 is 5.82 Å². The second-order valence-electron chi connectivity index (χ2n) is 3.47. The van der Waals surface area contributed by atoms with Gasteiger partial charge in [0.1, 0.15) is 5.82 Å². The van der Waals surface area contributed by atoms with Crippen molar-refractivity contribution in [2.75, 3.05) is 0 Å². The predicted octanol–water partition coefficient (Wildman–Crippen LogP) is 3.39. The highest BCUT2D eigenvalue weighted by atomic mass is 79.9. The van der Waals surface area contributed by atoms with E-state index < -0.39 is 16.6 Å². The fourth-order valence-electron chi connectivity index (χ4n) is 1.44. The molecule has 1 heterocycles. The highest BCUT2D eigenvalue weighted by Crippen LogP contribution is 2.24. The third-order valence-electron chi connectivity index (χ3n) is 2.24. The molecule has 1 aromatic carbocycles. The van der Waals surface area contributed by atoms with Gasteiger partial charge in [0.25, 0.3) is 0 Å². The summed E-state index contributed by atoms with van der Waals surface area (Å²) in [7, 11) is 0. The Bertz CT molecular complexity index is 617. The highest BCUT2D eigenvalue weighted by Gasteiger charge is 2.19. The molecule has 0 saturated carbocycles. The van der Waals surface area contributed by atoms with E-state index in [-0.39, 0.29) is 11.6 Å². The molecule has 0 spiro atoms. The van der Waals surface area contributed by atoms with Crippen molar-refractivity contribution in [3.63, 3.8) is 0 Å². The van der Waals surface area contributed by atoms with Crippen LogP contribution in [0.25, 0.3) is 0 Å². The van der Waals surface area contributed by atoms with E-state index in [0.29, 0.717) is 10.0 Å². The largest absolute Gasteiger partial charge is 0.408 e. The average molecular weight is 335 g/mol. The van der Waals surface area contributed by atoms with Crippen LogP contribution in [0.3, 0.4) is 0 Å². The minimum absolute atomic E-state index is 0.0486. The third kappa shape index (κ3) is 2.51. The summed E-state index contributed by atoms with van der Waals surface area (Å²) in [5, 5.41) is 14.3. The Hall–Kier alpha value is -1.47. The maximum atomic E-state index is 13.3. The lowest BCUT2D eigenvalue weighted by Crippen LogP contribution is -2.02. The molecule has 0 aliphatic carbocycles. The Morgan fingerprint density at radius 3 is 2.89 bits per heavy atom. The molecule has 0 saturated heterocycles. The summed E-state index contributed by atoms with van der Waals surface area (Å²) in [4.78, 5) is 9.92. The lowest BCUT2D eigenvalue weighted by molar-refractivity contribution is -0.389. The number of rotatable bonds is 3. The van der Waals surface area contributed by atoms with Crippen molar-refractivity contribution >= 4 is 33.3 Å². The Labute approximate surface area is 114 Å². The number of nitro groups is 1. The summed E-state index contributed by atoms with van der Waals surface area (Å²) in [5.74, 6) is -0.815. The van der Waals surface area contributed by atoms with Crippen LogP contribution >= 0.6 is 27.5 Å². The molecule has 0 bridgehead atoms. The first-order chi connectivity index (χ1) is 8.49. The first kappa shape index (κ1) is 13.0. The maximum Gasteiger partial charge on any atom is 0.408 e. The molecule has 2 rings (SSSR count). The van der Waals surface area contributed by atoms with Crippen molar-refractivity contribution in [3.8, 4) is 0 Å². The zero-order valence-electron chi connectivity index (χ0n) is 8.81. The molecule has 5 nitrogen and oxygen atoms in total. The molecule has 1 aromatic heterocycles. The summed E-state index contributed by atoms with van der Waals surface area (Å²) in [6.45, 7) is 0.186. The summed E-state index contributed by atoms with van der Waals surface area (Å²) in [5.41, 5.74) is 0.615. The molecule has 0 aliphatic heterocycles. The molecular weight excluding hydrogens is 328 g/mol. The Morgan fingerprint density at radius 1 is 1.56 bits per heavy atom. The van der Waals surface area contributed by atoms with E-state index >= 15 is 0 Å². The SMILES string of the molecule is O=[N+]([O-])c1nn(Cc2cccc(F)c2Br)cc1Cl. The van der Waals surface area contributed by atoms with E-state index in [2.05, 4.69) is 21.0 Å². The summed E-state index contributed by atoms with van der Waals surface area (Å²) in [6, 6.07) is 4.55. The highest BCUT2D eigenvalue weighted by molar-refractivity contribution is 9.10. The third-order valence-corrected chi connectivity index (χ3v) is 3.39. The minimum atomic E-state index is -0.667. The fraction of sp³-hybridized carbons (Fsp3) is 0.100. The normalized spacial score (nSPS) is 10.6. The molecule has 0 unspecified atom stereocenters. The van der Waals surface area contributed by atoms with Crippen molar-refractivity contribution in [1.29, 1.82) is 0 Å². The van der Waals surface area contributed by atoms with Gasteiger partial charge < -0.3 is 10.1 Å². The zero-order valence-corrected chi connectivity index (χ0v) is 11.2. The van der Waals surface area contributed by atoms with Crippen molar-refractivity contribution in [3.05, 3.63) is 55.4 Å². The number of benzene rings is 1. The number of halogens is 3. The quantitative estimate of drug-likeness (QED) is 0.638. The molecule has 0 N–H and O–H groups in total. The average Bonchev–Trinajstić information content (AvgIpc) is 2.66. The smallest absolute Gasteiger partial charge is 0.358 e. The van der Waals surface area contributed by atoms with E-state index in [0.717, 1.165) is 0 Å². The number of nitrogens with zero attached hydrogens (tertiary/aromatic N) is 3. The van der Waals surface area contributed by atoms with E-state index in [1.54, 1.807) is 12.1 Å². The van der Waals surface area contributed by atoms with Gasteiger partial charge in [0, 0.05) is 0 Å². The second-order valence-corrected chi connectivity index (χ2v) is 4.67. The van der Waals surface area contributed by atoms with Crippen LogP contribution in [-0.4, -0.2) is 14.7 Å². The van der Waals surface area contributed by atoms with E-state index in [1.807, 2.05) is 0 Å². The van der Waals surface area contributed by atoms with Crippen LogP contribution in [0.4, 0.5) is 10.2 Å². The molecule has 8 heteroatoms. The number of aromatic nitrogens is 2. The Balaban J connectivity index is 2.32. The van der Waals surface area contributed by atoms with Gasteiger partial charge in [-0.15, -0.1) is 0 Å². The lowest BCUT2D eigenvalue weighted by atomic mass is 10.2. The Kier molecular flexibility index (Phi) is 3.63. The molecule has 2 aromatic rings. The molecule has 0 fully saturated rings. The van der Waals surface area contributed by atoms with Crippen LogP contribution in [0.1, 0.15) is 5.56 Å². The molecule has 0 radical (unpaired) electrons. The van der Waals surface area contributed by atoms with Crippen molar-refractivity contribution in [2.45, 2.75) is 6.54 Å². The predicted molar refractivity (Wildman–Crippen MR) is 67.1 cm³/mol. The van der Waals surface area contributed by atoms with Crippen LogP contribution < -0.4 is 0 Å². The second kappa shape index (κ2) is 5.03. The minimum Gasteiger partial charge on any atom is -0.358 e. The monoisotopic (exact) mass is 333 g/mol. The van der Waals surface area contributed by atoms with Gasteiger partial charge in [-0.05, 0) is 32.5 Å². The molecule has 94 valence electrons. The fourth-order valence-corrected chi connectivity index (χ4v) is 2.05. The molecular formula is C10H6BrClFN3O2. The lowest BCUT2D eigenvalue weighted by Gasteiger charge is -2.02. The summed E-state index contributed by atoms with van der Waals surface area (Å²) in [6.07, 6.45) is 1.33. The van der Waals surface area contributed by atoms with E-state index in [1.165, 1.54) is 16.9 Å². The molecule has 0 aliphatic rings. The van der Waals surface area contributed by atoms with Gasteiger partial charge in [0.15, 0.2) is 5.02 Å². The van der Waals surface area contributed by atoms with Crippen LogP contribution in [0.2, 0.25) is 5.02 Å². The van der Waals surface area contributed by atoms with Crippen molar-refractivity contribution in [1.82, 2.24) is 9.78 Å². The van der Waals surface area contributed by atoms with Crippen LogP contribution in [0.15, 0.2) is 28.9 Å². The van der Waals surface area contributed by atoms with Gasteiger partial charge in [-0.1, -0.05) is 23.7 Å². The van der Waals surface area contributed by atoms with Gasteiger partial charge in [0.05, 0.1) is 22.3 Å². The number of hydrogen-bond donors (Lipinski definition) is 0. The first-order valence-corrected chi connectivity index (χ1v) is 5.96. The van der Waals surface area contributed by atoms with Crippen molar-refractivity contribution in [2.24, 2.45) is 0 Å².